The highest BCUT2D eigenvalue weighted by molar-refractivity contribution is 5.22. The second-order valence-corrected chi connectivity index (χ2v) is 6.09. The predicted molar refractivity (Wildman–Crippen MR) is 88.2 cm³/mol. The Morgan fingerprint density at radius 2 is 1.92 bits per heavy atom. The van der Waals surface area contributed by atoms with Gasteiger partial charge in [0.05, 0.1) is 12.7 Å². The van der Waals surface area contributed by atoms with Crippen LogP contribution in [0.1, 0.15) is 23.8 Å². The molecule has 0 bridgehead atoms. The highest BCUT2D eigenvalue weighted by atomic mass is 16.5. The van der Waals surface area contributed by atoms with Gasteiger partial charge in [-0.3, -0.25) is 14.3 Å². The number of H-pyrrole nitrogens is 1. The van der Waals surface area contributed by atoms with Gasteiger partial charge in [-0.05, 0) is 5.56 Å². The molecule has 2 aromatic rings. The lowest BCUT2D eigenvalue weighted by Gasteiger charge is -2.36. The van der Waals surface area contributed by atoms with Crippen molar-refractivity contribution in [2.24, 2.45) is 0 Å². The van der Waals surface area contributed by atoms with E-state index in [1.165, 1.54) is 10.8 Å². The van der Waals surface area contributed by atoms with Crippen molar-refractivity contribution in [3.63, 3.8) is 0 Å². The summed E-state index contributed by atoms with van der Waals surface area (Å²) in [5.41, 5.74) is 0.120. The fourth-order valence-electron chi connectivity index (χ4n) is 2.94. The Kier molecular flexibility index (Phi) is 5.14. The highest BCUT2D eigenvalue weighted by Crippen LogP contribution is 2.26. The van der Waals surface area contributed by atoms with Crippen molar-refractivity contribution < 1.29 is 20.1 Å². The number of nitrogens with zero attached hydrogens (tertiary/aromatic N) is 1. The van der Waals surface area contributed by atoms with Gasteiger partial charge in [-0.1, -0.05) is 30.3 Å². The van der Waals surface area contributed by atoms with E-state index in [1.807, 2.05) is 30.3 Å². The molecule has 0 aliphatic carbocycles. The summed E-state index contributed by atoms with van der Waals surface area (Å²) < 4.78 is 6.69. The second kappa shape index (κ2) is 7.32. The van der Waals surface area contributed by atoms with E-state index in [1.54, 1.807) is 0 Å². The number of aliphatic hydroxyl groups is 3. The van der Waals surface area contributed by atoms with Gasteiger partial charge in [0.2, 0.25) is 0 Å². The molecule has 0 amide bonds. The molecule has 0 unspecified atom stereocenters. The zero-order valence-corrected chi connectivity index (χ0v) is 13.4. The molecule has 4 atom stereocenters. The third-order valence-electron chi connectivity index (χ3n) is 4.32. The number of aliphatic hydroxyl groups excluding tert-OH is 3. The van der Waals surface area contributed by atoms with Gasteiger partial charge in [0.1, 0.15) is 18.4 Å². The van der Waals surface area contributed by atoms with E-state index in [0.717, 1.165) is 5.56 Å². The Labute approximate surface area is 143 Å². The monoisotopic (exact) mass is 348 g/mol. The average Bonchev–Trinajstić information content (AvgIpc) is 2.60. The van der Waals surface area contributed by atoms with Crippen molar-refractivity contribution in [3.8, 4) is 0 Å². The van der Waals surface area contributed by atoms with Gasteiger partial charge in [-0.2, -0.15) is 0 Å². The molecule has 1 aliphatic rings. The molecule has 8 heteroatoms. The molecule has 2 heterocycles. The molecule has 0 radical (unpaired) electrons. The van der Waals surface area contributed by atoms with Crippen LogP contribution in [0.5, 0.6) is 0 Å². The first-order chi connectivity index (χ1) is 12.0. The third kappa shape index (κ3) is 3.72. The quantitative estimate of drug-likeness (QED) is 0.569. The molecular formula is C17H20N2O6. The van der Waals surface area contributed by atoms with Gasteiger partial charge in [0.15, 0.2) is 0 Å². The first-order valence-corrected chi connectivity index (χ1v) is 8.00. The lowest BCUT2D eigenvalue weighted by atomic mass is 10.0. The Hall–Kier alpha value is -2.26. The SMILES string of the molecule is O=c1[nH]c(=O)n([C@H]2C[C@@H](O)[C@H](O)[C@@H](CO)O2)cc1Cc1ccccc1. The van der Waals surface area contributed by atoms with Gasteiger partial charge >= 0.3 is 5.69 Å². The smallest absolute Gasteiger partial charge is 0.330 e. The Morgan fingerprint density at radius 1 is 1.20 bits per heavy atom. The third-order valence-corrected chi connectivity index (χ3v) is 4.32. The van der Waals surface area contributed by atoms with Crippen LogP contribution in [0.4, 0.5) is 0 Å². The fourth-order valence-corrected chi connectivity index (χ4v) is 2.94. The van der Waals surface area contributed by atoms with Crippen molar-refractivity contribution in [1.82, 2.24) is 9.55 Å². The van der Waals surface area contributed by atoms with Gasteiger partial charge in [-0.25, -0.2) is 4.79 Å². The van der Waals surface area contributed by atoms with Crippen LogP contribution in [0.3, 0.4) is 0 Å². The molecule has 3 rings (SSSR count). The van der Waals surface area contributed by atoms with Crippen molar-refractivity contribution in [3.05, 3.63) is 68.5 Å². The van der Waals surface area contributed by atoms with Crippen LogP contribution < -0.4 is 11.2 Å². The maximum absolute atomic E-state index is 12.1. The molecule has 8 nitrogen and oxygen atoms in total. The molecular weight excluding hydrogens is 328 g/mol. The van der Waals surface area contributed by atoms with Crippen LogP contribution in [0.25, 0.3) is 0 Å². The Balaban J connectivity index is 1.93. The number of hydrogen-bond acceptors (Lipinski definition) is 6. The van der Waals surface area contributed by atoms with E-state index in [9.17, 15) is 24.9 Å². The van der Waals surface area contributed by atoms with Gasteiger partial charge in [0, 0.05) is 24.6 Å². The van der Waals surface area contributed by atoms with E-state index in [2.05, 4.69) is 4.98 Å². The summed E-state index contributed by atoms with van der Waals surface area (Å²) in [6, 6.07) is 9.31. The van der Waals surface area contributed by atoms with Crippen LogP contribution in [0, 0.1) is 0 Å². The molecule has 134 valence electrons. The Bertz CT molecular complexity index is 831. The van der Waals surface area contributed by atoms with Crippen molar-refractivity contribution in [2.75, 3.05) is 6.61 Å². The number of hydrogen-bond donors (Lipinski definition) is 4. The lowest BCUT2D eigenvalue weighted by Crippen LogP contribution is -2.50. The molecule has 0 saturated carbocycles. The van der Waals surface area contributed by atoms with E-state index in [4.69, 9.17) is 4.74 Å². The summed E-state index contributed by atoms with van der Waals surface area (Å²) >= 11 is 0. The standard InChI is InChI=1S/C17H20N2O6/c20-9-13-15(22)12(21)7-14(25-13)19-8-11(16(23)18-17(19)24)6-10-4-2-1-3-5-10/h1-5,8,12-15,20-22H,6-7,9H2,(H,18,23,24)/t12-,13-,14-,15+/m1/s1. The van der Waals surface area contributed by atoms with Crippen LogP contribution in [-0.2, 0) is 11.2 Å². The van der Waals surface area contributed by atoms with Crippen LogP contribution in [0.2, 0.25) is 0 Å². The second-order valence-electron chi connectivity index (χ2n) is 6.09. The summed E-state index contributed by atoms with van der Waals surface area (Å²) in [5.74, 6) is 0. The number of ether oxygens (including phenoxy) is 1. The van der Waals surface area contributed by atoms with Gasteiger partial charge in [0.25, 0.3) is 5.56 Å². The first-order valence-electron chi connectivity index (χ1n) is 8.00. The number of nitrogens with one attached hydrogen (secondary N) is 1. The Morgan fingerprint density at radius 3 is 2.60 bits per heavy atom. The average molecular weight is 348 g/mol. The summed E-state index contributed by atoms with van der Waals surface area (Å²) in [7, 11) is 0. The number of rotatable bonds is 4. The molecule has 1 saturated heterocycles. The van der Waals surface area contributed by atoms with Crippen LogP contribution >= 0.6 is 0 Å². The topological polar surface area (TPSA) is 125 Å². The molecule has 4 N–H and O–H groups in total. The van der Waals surface area contributed by atoms with Crippen molar-refractivity contribution in [2.45, 2.75) is 37.4 Å². The lowest BCUT2D eigenvalue weighted by molar-refractivity contribution is -0.202. The van der Waals surface area contributed by atoms with Crippen molar-refractivity contribution >= 4 is 0 Å². The zero-order chi connectivity index (χ0) is 18.0. The van der Waals surface area contributed by atoms with E-state index in [-0.39, 0.29) is 6.42 Å². The predicted octanol–water partition coefficient (Wildman–Crippen LogP) is -0.871. The maximum atomic E-state index is 12.1. The molecule has 1 aliphatic heterocycles. The van der Waals surface area contributed by atoms with E-state index >= 15 is 0 Å². The summed E-state index contributed by atoms with van der Waals surface area (Å²) in [5, 5.41) is 29.0. The molecule has 0 spiro atoms. The fraction of sp³-hybridized carbons (Fsp3) is 0.412. The summed E-state index contributed by atoms with van der Waals surface area (Å²) in [4.78, 5) is 26.5. The minimum atomic E-state index is -1.23. The van der Waals surface area contributed by atoms with Gasteiger partial charge < -0.3 is 20.1 Å². The summed E-state index contributed by atoms with van der Waals surface area (Å²) in [6.45, 7) is -0.496. The largest absolute Gasteiger partial charge is 0.394 e. The minimum Gasteiger partial charge on any atom is -0.394 e. The van der Waals surface area contributed by atoms with Crippen LogP contribution in [-0.4, -0.2) is 49.8 Å². The van der Waals surface area contributed by atoms with Gasteiger partial charge in [-0.15, -0.1) is 0 Å². The molecule has 1 aromatic carbocycles. The number of aromatic nitrogens is 2. The van der Waals surface area contributed by atoms with Crippen LogP contribution in [0.15, 0.2) is 46.1 Å². The number of benzene rings is 1. The molecule has 1 aromatic heterocycles. The normalized spacial score (nSPS) is 26.5. The number of aromatic amines is 1. The minimum absolute atomic E-state index is 0.0333. The van der Waals surface area contributed by atoms with E-state index in [0.29, 0.717) is 12.0 Å². The first kappa shape index (κ1) is 17.6. The molecule has 25 heavy (non-hydrogen) atoms. The van der Waals surface area contributed by atoms with Crippen molar-refractivity contribution in [1.29, 1.82) is 0 Å². The molecule has 1 fully saturated rings. The summed E-state index contributed by atoms with van der Waals surface area (Å²) in [6.07, 6.45) is -2.58. The zero-order valence-electron chi connectivity index (χ0n) is 13.4. The highest BCUT2D eigenvalue weighted by Gasteiger charge is 2.37. The maximum Gasteiger partial charge on any atom is 0.330 e. The van der Waals surface area contributed by atoms with E-state index < -0.39 is 42.4 Å².